The molecule has 1 heterocycles. The fourth-order valence-electron chi connectivity index (χ4n) is 2.25. The Morgan fingerprint density at radius 2 is 1.58 bits per heavy atom. The second-order valence-electron chi connectivity index (χ2n) is 6.55. The number of benzene rings is 1. The molecule has 0 fully saturated rings. The van der Waals surface area contributed by atoms with E-state index in [1.165, 1.54) is 21.3 Å². The van der Waals surface area contributed by atoms with Crippen LogP contribution in [0, 0.1) is 0 Å². The van der Waals surface area contributed by atoms with Crippen LogP contribution in [0.2, 0.25) is 0 Å². The number of hydrogen-bond acceptors (Lipinski definition) is 7. The van der Waals surface area contributed by atoms with Crippen LogP contribution in [0.5, 0.6) is 17.2 Å². The molecule has 0 aliphatic rings. The van der Waals surface area contributed by atoms with Crippen molar-refractivity contribution in [2.45, 2.75) is 26.3 Å². The molecule has 2 aromatic rings. The molecule has 26 heavy (non-hydrogen) atoms. The summed E-state index contributed by atoms with van der Waals surface area (Å²) in [6.07, 6.45) is 0. The molecular weight excluding hydrogens is 336 g/mol. The quantitative estimate of drug-likeness (QED) is 0.818. The highest BCUT2D eigenvalue weighted by molar-refractivity contribution is 6.03. The van der Waals surface area contributed by atoms with Gasteiger partial charge in [0.1, 0.15) is 5.82 Å². The van der Waals surface area contributed by atoms with E-state index < -0.39 is 5.91 Å². The van der Waals surface area contributed by atoms with Crippen LogP contribution >= 0.6 is 0 Å². The molecule has 0 saturated heterocycles. The molecule has 0 aliphatic carbocycles. The van der Waals surface area contributed by atoms with Crippen molar-refractivity contribution in [1.82, 2.24) is 10.2 Å². The summed E-state index contributed by atoms with van der Waals surface area (Å²) in [5.74, 6) is 1.54. The third-order valence-corrected chi connectivity index (χ3v) is 3.32. The van der Waals surface area contributed by atoms with Crippen molar-refractivity contribution < 1.29 is 19.0 Å². The summed E-state index contributed by atoms with van der Waals surface area (Å²) < 4.78 is 15.8. The lowest BCUT2D eigenvalue weighted by molar-refractivity contribution is 0.102. The summed E-state index contributed by atoms with van der Waals surface area (Å²) in [5.41, 5.74) is 0.538. The molecule has 0 bridgehead atoms. The minimum absolute atomic E-state index is 0.144. The maximum atomic E-state index is 12.4. The molecule has 0 radical (unpaired) electrons. The zero-order chi connectivity index (χ0) is 19.3. The molecule has 0 atom stereocenters. The lowest BCUT2D eigenvalue weighted by Gasteiger charge is -2.20. The van der Waals surface area contributed by atoms with Gasteiger partial charge in [-0.15, -0.1) is 10.2 Å². The van der Waals surface area contributed by atoms with Gasteiger partial charge in [-0.3, -0.25) is 4.79 Å². The molecule has 0 spiro atoms. The number of rotatable bonds is 6. The predicted octanol–water partition coefficient (Wildman–Crippen LogP) is 2.97. The second-order valence-corrected chi connectivity index (χ2v) is 6.55. The van der Waals surface area contributed by atoms with Gasteiger partial charge in [0, 0.05) is 23.4 Å². The highest BCUT2D eigenvalue weighted by atomic mass is 16.5. The Kier molecular flexibility index (Phi) is 5.86. The average molecular weight is 360 g/mol. The summed E-state index contributed by atoms with van der Waals surface area (Å²) in [7, 11) is 4.53. The van der Waals surface area contributed by atoms with Gasteiger partial charge in [0.15, 0.2) is 17.2 Å². The van der Waals surface area contributed by atoms with Gasteiger partial charge in [0.25, 0.3) is 5.91 Å². The highest BCUT2D eigenvalue weighted by Crippen LogP contribution is 2.39. The first-order valence-electron chi connectivity index (χ1n) is 8.00. The van der Waals surface area contributed by atoms with Crippen molar-refractivity contribution in [3.63, 3.8) is 0 Å². The SMILES string of the molecule is COc1cc(NC(=O)c2ccc(NC(C)(C)C)nn2)cc(OC)c1OC. The van der Waals surface area contributed by atoms with Crippen LogP contribution in [-0.4, -0.2) is 43.0 Å². The number of nitrogens with zero attached hydrogens (tertiary/aromatic N) is 2. The minimum atomic E-state index is -0.394. The van der Waals surface area contributed by atoms with Crippen LogP contribution in [-0.2, 0) is 0 Å². The van der Waals surface area contributed by atoms with Crippen LogP contribution in [0.1, 0.15) is 31.3 Å². The maximum absolute atomic E-state index is 12.4. The molecule has 8 heteroatoms. The predicted molar refractivity (Wildman–Crippen MR) is 99.5 cm³/mol. The molecule has 0 unspecified atom stereocenters. The Bertz CT molecular complexity index is 745. The summed E-state index contributed by atoms with van der Waals surface area (Å²) in [6.45, 7) is 6.04. The van der Waals surface area contributed by atoms with Gasteiger partial charge in [-0.05, 0) is 32.9 Å². The van der Waals surface area contributed by atoms with Crippen molar-refractivity contribution >= 4 is 17.4 Å². The largest absolute Gasteiger partial charge is 0.493 e. The van der Waals surface area contributed by atoms with E-state index >= 15 is 0 Å². The maximum Gasteiger partial charge on any atom is 0.276 e. The van der Waals surface area contributed by atoms with Crippen molar-refractivity contribution in [2.75, 3.05) is 32.0 Å². The van der Waals surface area contributed by atoms with E-state index in [0.29, 0.717) is 28.8 Å². The van der Waals surface area contributed by atoms with Crippen molar-refractivity contribution in [2.24, 2.45) is 0 Å². The number of carbonyl (C=O) groups excluding carboxylic acids is 1. The summed E-state index contributed by atoms with van der Waals surface area (Å²) in [6, 6.07) is 6.60. The van der Waals surface area contributed by atoms with Crippen LogP contribution in [0.25, 0.3) is 0 Å². The van der Waals surface area contributed by atoms with Gasteiger partial charge in [-0.2, -0.15) is 0 Å². The van der Waals surface area contributed by atoms with E-state index in [1.807, 2.05) is 20.8 Å². The van der Waals surface area contributed by atoms with Crippen LogP contribution < -0.4 is 24.8 Å². The number of methoxy groups -OCH3 is 3. The Morgan fingerprint density at radius 1 is 0.962 bits per heavy atom. The minimum Gasteiger partial charge on any atom is -0.493 e. The molecule has 1 amide bonds. The Balaban J connectivity index is 2.19. The van der Waals surface area contributed by atoms with E-state index in [-0.39, 0.29) is 11.2 Å². The highest BCUT2D eigenvalue weighted by Gasteiger charge is 2.16. The standard InChI is InChI=1S/C18H24N4O4/c1-18(2,3)20-15-8-7-12(21-22-15)17(23)19-11-9-13(24-4)16(26-6)14(10-11)25-5/h7-10H,1-6H3,(H,19,23)(H,20,22). The summed E-state index contributed by atoms with van der Waals surface area (Å²) >= 11 is 0. The van der Waals surface area contributed by atoms with E-state index in [1.54, 1.807) is 24.3 Å². The number of nitrogens with one attached hydrogen (secondary N) is 2. The van der Waals surface area contributed by atoms with Gasteiger partial charge in [-0.25, -0.2) is 0 Å². The van der Waals surface area contributed by atoms with Gasteiger partial charge < -0.3 is 24.8 Å². The van der Waals surface area contributed by atoms with Gasteiger partial charge in [0.2, 0.25) is 5.75 Å². The summed E-state index contributed by atoms with van der Waals surface area (Å²) in [4.78, 5) is 12.4. The van der Waals surface area contributed by atoms with Gasteiger partial charge in [-0.1, -0.05) is 0 Å². The molecule has 8 nitrogen and oxygen atoms in total. The molecule has 2 rings (SSSR count). The van der Waals surface area contributed by atoms with Crippen molar-refractivity contribution in [3.05, 3.63) is 30.0 Å². The number of hydrogen-bond donors (Lipinski definition) is 2. The summed E-state index contributed by atoms with van der Waals surface area (Å²) in [5, 5.41) is 13.9. The first-order chi connectivity index (χ1) is 12.3. The zero-order valence-corrected chi connectivity index (χ0v) is 15.8. The Labute approximate surface area is 152 Å². The number of aromatic nitrogens is 2. The third-order valence-electron chi connectivity index (χ3n) is 3.32. The fraction of sp³-hybridized carbons (Fsp3) is 0.389. The fourth-order valence-corrected chi connectivity index (χ4v) is 2.25. The lowest BCUT2D eigenvalue weighted by atomic mass is 10.1. The normalized spacial score (nSPS) is 10.8. The van der Waals surface area contributed by atoms with E-state index in [0.717, 1.165) is 0 Å². The van der Waals surface area contributed by atoms with E-state index in [4.69, 9.17) is 14.2 Å². The first-order valence-corrected chi connectivity index (χ1v) is 8.00. The number of carbonyl (C=O) groups is 1. The topological polar surface area (TPSA) is 94.6 Å². The van der Waals surface area contributed by atoms with Crippen LogP contribution in [0.15, 0.2) is 24.3 Å². The molecule has 1 aromatic carbocycles. The molecule has 0 saturated carbocycles. The smallest absolute Gasteiger partial charge is 0.276 e. The Hall–Kier alpha value is -3.03. The Morgan fingerprint density at radius 3 is 2.00 bits per heavy atom. The molecule has 1 aromatic heterocycles. The first kappa shape index (κ1) is 19.3. The van der Waals surface area contributed by atoms with Gasteiger partial charge >= 0.3 is 0 Å². The molecule has 0 aliphatic heterocycles. The van der Waals surface area contributed by atoms with Gasteiger partial charge in [0.05, 0.1) is 21.3 Å². The second kappa shape index (κ2) is 7.90. The number of ether oxygens (including phenoxy) is 3. The van der Waals surface area contributed by atoms with Crippen molar-refractivity contribution in [1.29, 1.82) is 0 Å². The molecule has 2 N–H and O–H groups in total. The zero-order valence-electron chi connectivity index (χ0n) is 15.8. The molecule has 140 valence electrons. The lowest BCUT2D eigenvalue weighted by Crippen LogP contribution is -2.27. The van der Waals surface area contributed by atoms with E-state index in [2.05, 4.69) is 20.8 Å². The average Bonchev–Trinajstić information content (AvgIpc) is 2.59. The van der Waals surface area contributed by atoms with E-state index in [9.17, 15) is 4.79 Å². The van der Waals surface area contributed by atoms with Crippen molar-refractivity contribution in [3.8, 4) is 17.2 Å². The van der Waals surface area contributed by atoms with Crippen LogP contribution in [0.4, 0.5) is 11.5 Å². The molecular formula is C18H24N4O4. The van der Waals surface area contributed by atoms with Crippen LogP contribution in [0.3, 0.4) is 0 Å². The monoisotopic (exact) mass is 360 g/mol. The third kappa shape index (κ3) is 4.75. The number of anilines is 2. The number of amides is 1.